The van der Waals surface area contributed by atoms with Crippen molar-refractivity contribution >= 4 is 0 Å². The minimum absolute atomic E-state index is 0.0741. The van der Waals surface area contributed by atoms with Gasteiger partial charge in [-0.05, 0) is 24.7 Å². The number of hydrogen-bond donors (Lipinski definition) is 1. The summed E-state index contributed by atoms with van der Waals surface area (Å²) in [4.78, 5) is 0. The van der Waals surface area contributed by atoms with E-state index in [2.05, 4.69) is 27.7 Å². The zero-order chi connectivity index (χ0) is 9.56. The first kappa shape index (κ1) is 12.0. The van der Waals surface area contributed by atoms with E-state index in [0.29, 0.717) is 11.8 Å². The van der Waals surface area contributed by atoms with Crippen LogP contribution in [0.3, 0.4) is 0 Å². The number of rotatable bonds is 6. The van der Waals surface area contributed by atoms with E-state index in [-0.39, 0.29) is 6.10 Å². The van der Waals surface area contributed by atoms with Gasteiger partial charge in [-0.25, -0.2) is 0 Å². The maximum Gasteiger partial charge on any atom is 0.0570 e. The van der Waals surface area contributed by atoms with E-state index in [0.717, 1.165) is 12.8 Å². The first-order valence-electron chi connectivity index (χ1n) is 5.31. The fourth-order valence-corrected chi connectivity index (χ4v) is 1.81. The van der Waals surface area contributed by atoms with Crippen LogP contribution >= 0.6 is 0 Å². The fourth-order valence-electron chi connectivity index (χ4n) is 1.81. The molecule has 0 saturated heterocycles. The highest BCUT2D eigenvalue weighted by Crippen LogP contribution is 2.23. The third-order valence-corrected chi connectivity index (χ3v) is 2.56. The molecule has 0 fully saturated rings. The zero-order valence-corrected chi connectivity index (χ0v) is 9.01. The Balaban J connectivity index is 3.90. The van der Waals surface area contributed by atoms with Gasteiger partial charge in [-0.3, -0.25) is 0 Å². The molecular weight excluding hydrogens is 148 g/mol. The second-order valence-electron chi connectivity index (χ2n) is 4.05. The average Bonchev–Trinajstić information content (AvgIpc) is 1.99. The van der Waals surface area contributed by atoms with Crippen molar-refractivity contribution in [2.24, 2.45) is 11.8 Å². The Kier molecular flexibility index (Phi) is 6.45. The molecule has 0 aromatic rings. The van der Waals surface area contributed by atoms with E-state index in [1.54, 1.807) is 0 Å². The van der Waals surface area contributed by atoms with Crippen molar-refractivity contribution in [2.75, 3.05) is 0 Å². The molecule has 74 valence electrons. The summed E-state index contributed by atoms with van der Waals surface area (Å²) in [5.74, 6) is 1.13. The van der Waals surface area contributed by atoms with Gasteiger partial charge in [-0.15, -0.1) is 0 Å². The molecule has 0 bridgehead atoms. The van der Waals surface area contributed by atoms with Crippen LogP contribution in [0, 0.1) is 11.8 Å². The maximum absolute atomic E-state index is 9.81. The molecule has 0 radical (unpaired) electrons. The van der Waals surface area contributed by atoms with Crippen LogP contribution in [0.1, 0.15) is 53.4 Å². The molecule has 0 aromatic carbocycles. The van der Waals surface area contributed by atoms with E-state index < -0.39 is 0 Å². The predicted octanol–water partition coefficient (Wildman–Crippen LogP) is 3.22. The average molecular weight is 172 g/mol. The van der Waals surface area contributed by atoms with E-state index in [4.69, 9.17) is 0 Å². The van der Waals surface area contributed by atoms with Crippen LogP contribution in [0.2, 0.25) is 0 Å². The standard InChI is InChI=1S/C11H24O/c1-5-7-10(9(3)4)11(12)8-6-2/h9-12H,5-8H2,1-4H3/t10-,11?/m1/s1. The van der Waals surface area contributed by atoms with Gasteiger partial charge in [0, 0.05) is 0 Å². The molecule has 1 unspecified atom stereocenters. The minimum Gasteiger partial charge on any atom is -0.393 e. The summed E-state index contributed by atoms with van der Waals surface area (Å²) in [5, 5.41) is 9.81. The second-order valence-corrected chi connectivity index (χ2v) is 4.05. The minimum atomic E-state index is -0.0741. The molecule has 1 nitrogen and oxygen atoms in total. The van der Waals surface area contributed by atoms with E-state index >= 15 is 0 Å². The van der Waals surface area contributed by atoms with Crippen molar-refractivity contribution in [3.63, 3.8) is 0 Å². The monoisotopic (exact) mass is 172 g/mol. The van der Waals surface area contributed by atoms with Gasteiger partial charge in [0.05, 0.1) is 6.10 Å². The van der Waals surface area contributed by atoms with Crippen molar-refractivity contribution in [1.82, 2.24) is 0 Å². The molecule has 0 saturated carbocycles. The van der Waals surface area contributed by atoms with E-state index in [1.165, 1.54) is 12.8 Å². The van der Waals surface area contributed by atoms with Crippen LogP contribution in [-0.2, 0) is 0 Å². The maximum atomic E-state index is 9.81. The van der Waals surface area contributed by atoms with Crippen molar-refractivity contribution in [1.29, 1.82) is 0 Å². The number of aliphatic hydroxyl groups is 1. The summed E-state index contributed by atoms with van der Waals surface area (Å²) >= 11 is 0. The van der Waals surface area contributed by atoms with Gasteiger partial charge in [0.2, 0.25) is 0 Å². The van der Waals surface area contributed by atoms with Crippen LogP contribution in [-0.4, -0.2) is 11.2 Å². The van der Waals surface area contributed by atoms with Gasteiger partial charge in [-0.1, -0.05) is 40.5 Å². The molecule has 12 heavy (non-hydrogen) atoms. The first-order chi connectivity index (χ1) is 5.63. The number of hydrogen-bond acceptors (Lipinski definition) is 1. The summed E-state index contributed by atoms with van der Waals surface area (Å²) in [5.41, 5.74) is 0. The number of aliphatic hydroxyl groups excluding tert-OH is 1. The molecule has 0 aliphatic rings. The van der Waals surface area contributed by atoms with Crippen molar-refractivity contribution in [3.05, 3.63) is 0 Å². The molecular formula is C11H24O. The molecule has 0 aliphatic heterocycles. The molecule has 0 rings (SSSR count). The summed E-state index contributed by atoms with van der Waals surface area (Å²) in [6, 6.07) is 0. The Labute approximate surface area is 77.2 Å². The van der Waals surface area contributed by atoms with Gasteiger partial charge in [0.1, 0.15) is 0 Å². The third kappa shape index (κ3) is 4.10. The second kappa shape index (κ2) is 6.47. The Morgan fingerprint density at radius 1 is 1.00 bits per heavy atom. The van der Waals surface area contributed by atoms with Gasteiger partial charge >= 0.3 is 0 Å². The summed E-state index contributed by atoms with van der Waals surface area (Å²) in [7, 11) is 0. The summed E-state index contributed by atoms with van der Waals surface area (Å²) in [6.45, 7) is 8.74. The lowest BCUT2D eigenvalue weighted by Gasteiger charge is -2.25. The first-order valence-corrected chi connectivity index (χ1v) is 5.31. The molecule has 0 amide bonds. The lowest BCUT2D eigenvalue weighted by Crippen LogP contribution is -2.24. The van der Waals surface area contributed by atoms with Crippen LogP contribution in [0.25, 0.3) is 0 Å². The molecule has 1 N–H and O–H groups in total. The molecule has 0 heterocycles. The lowest BCUT2D eigenvalue weighted by atomic mass is 9.85. The van der Waals surface area contributed by atoms with Crippen LogP contribution in [0.4, 0.5) is 0 Å². The highest BCUT2D eigenvalue weighted by molar-refractivity contribution is 4.71. The Morgan fingerprint density at radius 3 is 1.83 bits per heavy atom. The predicted molar refractivity (Wildman–Crippen MR) is 54.2 cm³/mol. The van der Waals surface area contributed by atoms with Crippen molar-refractivity contribution < 1.29 is 5.11 Å². The molecule has 0 aliphatic carbocycles. The normalized spacial score (nSPS) is 16.5. The largest absolute Gasteiger partial charge is 0.393 e. The van der Waals surface area contributed by atoms with Crippen LogP contribution in [0.15, 0.2) is 0 Å². The van der Waals surface area contributed by atoms with E-state index in [9.17, 15) is 5.11 Å². The van der Waals surface area contributed by atoms with Gasteiger partial charge in [-0.2, -0.15) is 0 Å². The van der Waals surface area contributed by atoms with E-state index in [1.807, 2.05) is 0 Å². The van der Waals surface area contributed by atoms with Crippen LogP contribution in [0.5, 0.6) is 0 Å². The lowest BCUT2D eigenvalue weighted by molar-refractivity contribution is 0.0674. The highest BCUT2D eigenvalue weighted by Gasteiger charge is 2.20. The molecule has 0 spiro atoms. The Bertz CT molecular complexity index is 99.2. The quantitative estimate of drug-likeness (QED) is 0.652. The van der Waals surface area contributed by atoms with Crippen LogP contribution < -0.4 is 0 Å². The molecule has 2 atom stereocenters. The van der Waals surface area contributed by atoms with Crippen molar-refractivity contribution in [2.45, 2.75) is 59.5 Å². The molecule has 1 heteroatoms. The highest BCUT2D eigenvalue weighted by atomic mass is 16.3. The van der Waals surface area contributed by atoms with Crippen molar-refractivity contribution in [3.8, 4) is 0 Å². The fraction of sp³-hybridized carbons (Fsp3) is 1.00. The van der Waals surface area contributed by atoms with Gasteiger partial charge < -0.3 is 5.11 Å². The Morgan fingerprint density at radius 2 is 1.50 bits per heavy atom. The Hall–Kier alpha value is -0.0400. The summed E-state index contributed by atoms with van der Waals surface area (Å²) in [6.07, 6.45) is 4.33. The SMILES string of the molecule is CCCC(O)[C@H](CCC)C(C)C. The topological polar surface area (TPSA) is 20.2 Å². The summed E-state index contributed by atoms with van der Waals surface area (Å²) < 4.78 is 0. The zero-order valence-electron chi connectivity index (χ0n) is 9.01. The van der Waals surface area contributed by atoms with Gasteiger partial charge in [0.15, 0.2) is 0 Å². The van der Waals surface area contributed by atoms with Gasteiger partial charge in [0.25, 0.3) is 0 Å². The third-order valence-electron chi connectivity index (χ3n) is 2.56. The molecule has 0 aromatic heterocycles. The smallest absolute Gasteiger partial charge is 0.0570 e.